The van der Waals surface area contributed by atoms with Gasteiger partial charge in [-0.05, 0) is 68.9 Å². The molecule has 1 heterocycles. The largest absolute Gasteiger partial charge is 0.507 e. The van der Waals surface area contributed by atoms with Gasteiger partial charge in [0.25, 0.3) is 0 Å². The summed E-state index contributed by atoms with van der Waals surface area (Å²) in [5.41, 5.74) is 2.45. The lowest BCUT2D eigenvalue weighted by atomic mass is 9.91. The van der Waals surface area contributed by atoms with E-state index in [4.69, 9.17) is 0 Å². The van der Waals surface area contributed by atoms with Gasteiger partial charge in [0.05, 0.1) is 0 Å². The van der Waals surface area contributed by atoms with E-state index in [1.165, 1.54) is 4.88 Å². The molecule has 0 aliphatic heterocycles. The topological polar surface area (TPSA) is 40.5 Å². The van der Waals surface area contributed by atoms with Crippen molar-refractivity contribution in [3.63, 3.8) is 0 Å². The van der Waals surface area contributed by atoms with E-state index in [1.807, 2.05) is 42.5 Å². The summed E-state index contributed by atoms with van der Waals surface area (Å²) in [6, 6.07) is 23.5. The molecule has 5 rings (SSSR count). The predicted octanol–water partition coefficient (Wildman–Crippen LogP) is 7.56. The summed E-state index contributed by atoms with van der Waals surface area (Å²) in [5, 5.41) is 27.3. The molecule has 0 saturated heterocycles. The van der Waals surface area contributed by atoms with Gasteiger partial charge in [-0.25, -0.2) is 0 Å². The van der Waals surface area contributed by atoms with Crippen molar-refractivity contribution in [1.29, 1.82) is 0 Å². The van der Waals surface area contributed by atoms with E-state index in [-0.39, 0.29) is 11.5 Å². The molecule has 1 aromatic heterocycles. The SMILES string of the molecule is Oc1ccc2cc(Br)ccc2c1-c1c(O)ccc2cc(-c3cccs3)ccc12. The van der Waals surface area contributed by atoms with Crippen molar-refractivity contribution < 1.29 is 10.2 Å². The first-order valence-electron chi connectivity index (χ1n) is 8.83. The molecule has 0 aliphatic rings. The molecular formula is C24H15BrO2S. The molecule has 0 unspecified atom stereocenters. The zero-order chi connectivity index (χ0) is 19.3. The lowest BCUT2D eigenvalue weighted by molar-refractivity contribution is 0.470. The minimum atomic E-state index is 0.153. The van der Waals surface area contributed by atoms with Gasteiger partial charge in [0.15, 0.2) is 0 Å². The average Bonchev–Trinajstić information content (AvgIpc) is 3.23. The monoisotopic (exact) mass is 446 g/mol. The lowest BCUT2D eigenvalue weighted by Crippen LogP contribution is -1.87. The third kappa shape index (κ3) is 2.77. The van der Waals surface area contributed by atoms with Crippen molar-refractivity contribution in [1.82, 2.24) is 0 Å². The maximum absolute atomic E-state index is 10.7. The Morgan fingerprint density at radius 1 is 0.679 bits per heavy atom. The van der Waals surface area contributed by atoms with E-state index in [1.54, 1.807) is 23.5 Å². The Hall–Kier alpha value is -2.82. The van der Waals surface area contributed by atoms with Gasteiger partial charge in [-0.3, -0.25) is 0 Å². The smallest absolute Gasteiger partial charge is 0.124 e. The molecule has 28 heavy (non-hydrogen) atoms. The van der Waals surface area contributed by atoms with Crippen molar-refractivity contribution in [3.8, 4) is 33.1 Å². The molecule has 136 valence electrons. The summed E-state index contributed by atoms with van der Waals surface area (Å²) in [6.45, 7) is 0. The van der Waals surface area contributed by atoms with Crippen LogP contribution < -0.4 is 0 Å². The molecule has 5 aromatic rings. The number of halogens is 1. The molecular weight excluding hydrogens is 432 g/mol. The highest BCUT2D eigenvalue weighted by molar-refractivity contribution is 9.10. The van der Waals surface area contributed by atoms with Crippen LogP contribution in [0, 0.1) is 0 Å². The summed E-state index contributed by atoms with van der Waals surface area (Å²) >= 11 is 5.20. The van der Waals surface area contributed by atoms with Crippen LogP contribution in [0.2, 0.25) is 0 Å². The summed E-state index contributed by atoms with van der Waals surface area (Å²) in [5.74, 6) is 0.307. The number of aromatic hydroxyl groups is 2. The van der Waals surface area contributed by atoms with Crippen LogP contribution in [0.25, 0.3) is 43.1 Å². The van der Waals surface area contributed by atoms with Crippen molar-refractivity contribution in [2.45, 2.75) is 0 Å². The Morgan fingerprint density at radius 3 is 1.96 bits per heavy atom. The first-order valence-corrected chi connectivity index (χ1v) is 10.5. The Balaban J connectivity index is 1.83. The molecule has 4 aromatic carbocycles. The molecule has 0 saturated carbocycles. The molecule has 2 nitrogen and oxygen atoms in total. The molecule has 0 radical (unpaired) electrons. The Morgan fingerprint density at radius 2 is 1.32 bits per heavy atom. The van der Waals surface area contributed by atoms with Crippen molar-refractivity contribution in [3.05, 3.63) is 82.6 Å². The standard InChI is InChI=1S/C24H15BrO2S/c25-17-6-8-19-15(13-17)5-10-21(27)24(19)23-18-7-3-16(22-2-1-11-28-22)12-14(18)4-9-20(23)26/h1-13,26-27H. The minimum Gasteiger partial charge on any atom is -0.507 e. The van der Waals surface area contributed by atoms with E-state index in [0.29, 0.717) is 11.1 Å². The Bertz CT molecular complexity index is 1340. The zero-order valence-corrected chi connectivity index (χ0v) is 17.1. The molecule has 4 heteroatoms. The third-order valence-electron chi connectivity index (χ3n) is 5.01. The fraction of sp³-hybridized carbons (Fsp3) is 0. The van der Waals surface area contributed by atoms with Crippen LogP contribution in [0.3, 0.4) is 0 Å². The molecule has 0 bridgehead atoms. The number of benzene rings is 4. The van der Waals surface area contributed by atoms with Gasteiger partial charge in [0.1, 0.15) is 11.5 Å². The van der Waals surface area contributed by atoms with E-state index >= 15 is 0 Å². The first kappa shape index (κ1) is 17.3. The second-order valence-corrected chi connectivity index (χ2v) is 8.56. The van der Waals surface area contributed by atoms with Crippen molar-refractivity contribution >= 4 is 48.8 Å². The lowest BCUT2D eigenvalue weighted by Gasteiger charge is -2.15. The third-order valence-corrected chi connectivity index (χ3v) is 6.43. The Labute approximate surface area is 174 Å². The quantitative estimate of drug-likeness (QED) is 0.293. The molecule has 0 atom stereocenters. The van der Waals surface area contributed by atoms with Gasteiger partial charge in [0.2, 0.25) is 0 Å². The van der Waals surface area contributed by atoms with Crippen LogP contribution in [0.4, 0.5) is 0 Å². The first-order chi connectivity index (χ1) is 13.6. The van der Waals surface area contributed by atoms with Gasteiger partial charge in [0, 0.05) is 20.5 Å². The summed E-state index contributed by atoms with van der Waals surface area (Å²) in [4.78, 5) is 1.20. The van der Waals surface area contributed by atoms with Gasteiger partial charge in [-0.1, -0.05) is 52.3 Å². The maximum atomic E-state index is 10.7. The highest BCUT2D eigenvalue weighted by Gasteiger charge is 2.17. The number of thiophene rings is 1. The maximum Gasteiger partial charge on any atom is 0.124 e. The highest BCUT2D eigenvalue weighted by Crippen LogP contribution is 2.45. The zero-order valence-electron chi connectivity index (χ0n) is 14.7. The van der Waals surface area contributed by atoms with Gasteiger partial charge in [-0.15, -0.1) is 11.3 Å². The van der Waals surface area contributed by atoms with E-state index in [9.17, 15) is 10.2 Å². The predicted molar refractivity (Wildman–Crippen MR) is 121 cm³/mol. The van der Waals surface area contributed by atoms with Crippen LogP contribution >= 0.6 is 27.3 Å². The average molecular weight is 447 g/mol. The van der Waals surface area contributed by atoms with Crippen molar-refractivity contribution in [2.24, 2.45) is 0 Å². The van der Waals surface area contributed by atoms with E-state index in [0.717, 1.165) is 31.6 Å². The molecule has 0 spiro atoms. The van der Waals surface area contributed by atoms with Crippen LogP contribution in [0.5, 0.6) is 11.5 Å². The molecule has 0 fully saturated rings. The summed E-state index contributed by atoms with van der Waals surface area (Å²) in [6.07, 6.45) is 0. The molecule has 0 aliphatic carbocycles. The highest BCUT2D eigenvalue weighted by atomic mass is 79.9. The number of hydrogen-bond donors (Lipinski definition) is 2. The Kier molecular flexibility index (Phi) is 4.11. The molecule has 2 N–H and O–H groups in total. The molecule has 0 amide bonds. The van der Waals surface area contributed by atoms with E-state index in [2.05, 4.69) is 39.5 Å². The fourth-order valence-electron chi connectivity index (χ4n) is 3.73. The fourth-order valence-corrected chi connectivity index (χ4v) is 4.83. The second-order valence-electron chi connectivity index (χ2n) is 6.70. The normalized spacial score (nSPS) is 11.3. The number of hydrogen-bond acceptors (Lipinski definition) is 3. The second kappa shape index (κ2) is 6.66. The van der Waals surface area contributed by atoms with Crippen molar-refractivity contribution in [2.75, 3.05) is 0 Å². The number of phenols is 2. The minimum absolute atomic E-state index is 0.153. The van der Waals surface area contributed by atoms with Crippen LogP contribution in [0.15, 0.2) is 82.6 Å². The van der Waals surface area contributed by atoms with Gasteiger partial charge >= 0.3 is 0 Å². The van der Waals surface area contributed by atoms with Gasteiger partial charge < -0.3 is 10.2 Å². The summed E-state index contributed by atoms with van der Waals surface area (Å²) in [7, 11) is 0. The number of fused-ring (bicyclic) bond motifs is 2. The van der Waals surface area contributed by atoms with Gasteiger partial charge in [-0.2, -0.15) is 0 Å². The number of phenolic OH excluding ortho intramolecular Hbond substituents is 2. The number of rotatable bonds is 2. The van der Waals surface area contributed by atoms with E-state index < -0.39 is 0 Å². The van der Waals surface area contributed by atoms with Crippen LogP contribution in [-0.4, -0.2) is 10.2 Å². The van der Waals surface area contributed by atoms with Crippen LogP contribution in [0.1, 0.15) is 0 Å². The summed E-state index contributed by atoms with van der Waals surface area (Å²) < 4.78 is 0.972. The van der Waals surface area contributed by atoms with Crippen LogP contribution in [-0.2, 0) is 0 Å².